The zero-order chi connectivity index (χ0) is 21.3. The first-order valence-electron chi connectivity index (χ1n) is 10.7. The van der Waals surface area contributed by atoms with Crippen LogP contribution in [-0.2, 0) is 9.59 Å². The van der Waals surface area contributed by atoms with Crippen molar-refractivity contribution in [3.05, 3.63) is 53.3 Å². The van der Waals surface area contributed by atoms with Crippen molar-refractivity contribution in [1.29, 1.82) is 0 Å². The number of hydrogen-bond donors (Lipinski definition) is 0. The first-order chi connectivity index (χ1) is 14.4. The van der Waals surface area contributed by atoms with Gasteiger partial charge in [-0.3, -0.25) is 14.6 Å². The van der Waals surface area contributed by atoms with Gasteiger partial charge in [0.15, 0.2) is 0 Å². The molecule has 0 radical (unpaired) electrons. The molecule has 2 fully saturated rings. The van der Waals surface area contributed by atoms with E-state index in [0.717, 1.165) is 35.5 Å². The van der Waals surface area contributed by atoms with Gasteiger partial charge in [-0.2, -0.15) is 0 Å². The normalized spacial score (nSPS) is 20.0. The average Bonchev–Trinajstić information content (AvgIpc) is 3.13. The lowest BCUT2D eigenvalue weighted by atomic mass is 10.0. The van der Waals surface area contributed by atoms with Gasteiger partial charge < -0.3 is 14.5 Å². The molecule has 2 aliphatic heterocycles. The average molecular weight is 408 g/mol. The van der Waals surface area contributed by atoms with Crippen LogP contribution in [0.3, 0.4) is 0 Å². The molecule has 158 valence electrons. The fourth-order valence-electron chi connectivity index (χ4n) is 4.18. The molecule has 2 aromatic rings. The van der Waals surface area contributed by atoms with E-state index in [9.17, 15) is 9.59 Å². The Bertz CT molecular complexity index is 933. The maximum Gasteiger partial charge on any atom is 0.228 e. The molecule has 1 aromatic carbocycles. The number of aromatic nitrogens is 1. The minimum atomic E-state index is -0.266. The van der Waals surface area contributed by atoms with E-state index in [1.165, 1.54) is 5.56 Å². The summed E-state index contributed by atoms with van der Waals surface area (Å²) in [5, 5.41) is 0. The Balaban J connectivity index is 1.32. The summed E-state index contributed by atoms with van der Waals surface area (Å²) >= 11 is 0. The van der Waals surface area contributed by atoms with Crippen LogP contribution in [0.2, 0.25) is 0 Å². The first-order valence-corrected chi connectivity index (χ1v) is 10.7. The van der Waals surface area contributed by atoms with Gasteiger partial charge in [0.25, 0.3) is 0 Å². The number of ether oxygens (including phenoxy) is 1. The third kappa shape index (κ3) is 4.32. The van der Waals surface area contributed by atoms with E-state index in [2.05, 4.69) is 11.9 Å². The van der Waals surface area contributed by atoms with Gasteiger partial charge >= 0.3 is 0 Å². The van der Waals surface area contributed by atoms with Gasteiger partial charge in [0.2, 0.25) is 11.8 Å². The molecule has 6 nitrogen and oxygen atoms in total. The summed E-state index contributed by atoms with van der Waals surface area (Å²) in [6, 6.07) is 9.90. The molecule has 3 heterocycles. The van der Waals surface area contributed by atoms with Crippen LogP contribution in [0.25, 0.3) is 0 Å². The second kappa shape index (κ2) is 8.46. The lowest BCUT2D eigenvalue weighted by Gasteiger charge is -2.33. The molecule has 0 N–H and O–H groups in total. The second-order valence-corrected chi connectivity index (χ2v) is 8.45. The number of carbonyl (C=O) groups excluding carboxylic acids is 2. The van der Waals surface area contributed by atoms with Crippen molar-refractivity contribution in [1.82, 2.24) is 9.88 Å². The van der Waals surface area contributed by atoms with Crippen molar-refractivity contribution < 1.29 is 14.3 Å². The molecule has 4 rings (SSSR count). The fraction of sp³-hybridized carbons (Fsp3) is 0.458. The van der Waals surface area contributed by atoms with E-state index in [0.29, 0.717) is 19.6 Å². The van der Waals surface area contributed by atoms with E-state index in [4.69, 9.17) is 4.74 Å². The topological polar surface area (TPSA) is 62.7 Å². The number of benzene rings is 1. The second-order valence-electron chi connectivity index (χ2n) is 8.45. The van der Waals surface area contributed by atoms with Gasteiger partial charge in [-0.25, -0.2) is 0 Å². The van der Waals surface area contributed by atoms with Crippen molar-refractivity contribution in [2.75, 3.05) is 24.5 Å². The molecule has 2 amide bonds. The standard InChI is InChI=1S/C24H29N3O3/c1-16-4-6-20(12-17(16)2)27-15-19(13-23(27)28)24(29)26-10-8-21(9-11-26)30-22-7-5-18(3)25-14-22/h4-7,12,14,19,21H,8-11,13,15H2,1-3H3. The molecule has 0 saturated carbocycles. The van der Waals surface area contributed by atoms with E-state index in [-0.39, 0.29) is 30.3 Å². The maximum absolute atomic E-state index is 13.0. The molecule has 0 bridgehead atoms. The van der Waals surface area contributed by atoms with Crippen molar-refractivity contribution in [3.8, 4) is 5.75 Å². The predicted molar refractivity (Wildman–Crippen MR) is 116 cm³/mol. The number of anilines is 1. The highest BCUT2D eigenvalue weighted by atomic mass is 16.5. The molecule has 0 spiro atoms. The minimum absolute atomic E-state index is 0.0293. The smallest absolute Gasteiger partial charge is 0.228 e. The van der Waals surface area contributed by atoms with Crippen molar-refractivity contribution in [3.63, 3.8) is 0 Å². The highest BCUT2D eigenvalue weighted by molar-refractivity contribution is 6.00. The third-order valence-corrected chi connectivity index (χ3v) is 6.22. The lowest BCUT2D eigenvalue weighted by Crippen LogP contribution is -2.44. The fourth-order valence-corrected chi connectivity index (χ4v) is 4.18. The summed E-state index contributed by atoms with van der Waals surface area (Å²) < 4.78 is 6.01. The molecule has 1 unspecified atom stereocenters. The van der Waals surface area contributed by atoms with Gasteiger partial charge in [-0.05, 0) is 56.2 Å². The molecule has 6 heteroatoms. The van der Waals surface area contributed by atoms with Crippen LogP contribution < -0.4 is 9.64 Å². The number of pyridine rings is 1. The summed E-state index contributed by atoms with van der Waals surface area (Å²) in [7, 11) is 0. The van der Waals surface area contributed by atoms with Crippen LogP contribution >= 0.6 is 0 Å². The summed E-state index contributed by atoms with van der Waals surface area (Å²) in [6.45, 7) is 7.84. The van der Waals surface area contributed by atoms with E-state index >= 15 is 0 Å². The monoisotopic (exact) mass is 407 g/mol. The van der Waals surface area contributed by atoms with Crippen molar-refractivity contribution in [2.24, 2.45) is 5.92 Å². The molecule has 2 saturated heterocycles. The summed E-state index contributed by atoms with van der Waals surface area (Å²) in [6.07, 6.45) is 3.72. The van der Waals surface area contributed by atoms with Gasteiger partial charge in [-0.15, -0.1) is 0 Å². The van der Waals surface area contributed by atoms with Gasteiger partial charge in [0, 0.05) is 50.3 Å². The van der Waals surface area contributed by atoms with Crippen LogP contribution in [0.1, 0.15) is 36.1 Å². The number of amides is 2. The van der Waals surface area contributed by atoms with Crippen LogP contribution in [-0.4, -0.2) is 47.4 Å². The molecule has 30 heavy (non-hydrogen) atoms. The first kappa shape index (κ1) is 20.4. The van der Waals surface area contributed by atoms with Crippen LogP contribution in [0.5, 0.6) is 5.75 Å². The van der Waals surface area contributed by atoms with E-state index < -0.39 is 0 Å². The van der Waals surface area contributed by atoms with Crippen molar-refractivity contribution >= 4 is 17.5 Å². The highest BCUT2D eigenvalue weighted by Crippen LogP contribution is 2.29. The quantitative estimate of drug-likeness (QED) is 0.779. The van der Waals surface area contributed by atoms with E-state index in [1.807, 2.05) is 49.1 Å². The Morgan fingerprint density at radius 3 is 2.50 bits per heavy atom. The molecule has 2 aliphatic rings. The molecular weight excluding hydrogens is 378 g/mol. The van der Waals surface area contributed by atoms with Crippen molar-refractivity contribution in [2.45, 2.75) is 46.1 Å². The number of carbonyl (C=O) groups is 2. The number of rotatable bonds is 4. The Labute approximate surface area is 177 Å². The van der Waals surface area contributed by atoms with Crippen LogP contribution in [0, 0.1) is 26.7 Å². The number of aryl methyl sites for hydroxylation is 3. The van der Waals surface area contributed by atoms with E-state index in [1.54, 1.807) is 11.1 Å². The van der Waals surface area contributed by atoms with Gasteiger partial charge in [0.05, 0.1) is 12.1 Å². The number of hydrogen-bond acceptors (Lipinski definition) is 4. The summed E-state index contributed by atoms with van der Waals surface area (Å²) in [5.74, 6) is 0.625. The molecule has 1 aromatic heterocycles. The predicted octanol–water partition coefficient (Wildman–Crippen LogP) is 3.43. The molecule has 1 atom stereocenters. The lowest BCUT2D eigenvalue weighted by molar-refractivity contribution is -0.137. The largest absolute Gasteiger partial charge is 0.489 e. The zero-order valence-corrected chi connectivity index (χ0v) is 17.9. The van der Waals surface area contributed by atoms with Crippen LogP contribution in [0.15, 0.2) is 36.5 Å². The summed E-state index contributed by atoms with van der Waals surface area (Å²) in [4.78, 5) is 33.5. The summed E-state index contributed by atoms with van der Waals surface area (Å²) in [5.41, 5.74) is 4.20. The van der Waals surface area contributed by atoms with Gasteiger partial charge in [0.1, 0.15) is 11.9 Å². The third-order valence-electron chi connectivity index (χ3n) is 6.22. The zero-order valence-electron chi connectivity index (χ0n) is 17.9. The van der Waals surface area contributed by atoms with Crippen LogP contribution in [0.4, 0.5) is 5.69 Å². The molecular formula is C24H29N3O3. The Kier molecular flexibility index (Phi) is 5.75. The number of piperidine rings is 1. The Morgan fingerprint density at radius 1 is 1.07 bits per heavy atom. The maximum atomic E-state index is 13.0. The Hall–Kier alpha value is -2.89. The molecule has 0 aliphatic carbocycles. The minimum Gasteiger partial charge on any atom is -0.489 e. The number of likely N-dealkylation sites (tertiary alicyclic amines) is 1. The SMILES string of the molecule is Cc1ccc(OC2CCN(C(=O)C3CC(=O)N(c4ccc(C)c(C)c4)C3)CC2)cn1. The highest BCUT2D eigenvalue weighted by Gasteiger charge is 2.38. The Morgan fingerprint density at radius 2 is 1.83 bits per heavy atom. The van der Waals surface area contributed by atoms with Gasteiger partial charge in [-0.1, -0.05) is 6.07 Å². The number of nitrogens with zero attached hydrogens (tertiary/aromatic N) is 3.